The summed E-state index contributed by atoms with van der Waals surface area (Å²) in [6, 6.07) is 7.69. The summed E-state index contributed by atoms with van der Waals surface area (Å²) in [5, 5.41) is 0. The van der Waals surface area contributed by atoms with Gasteiger partial charge in [0.05, 0.1) is 0 Å². The van der Waals surface area contributed by atoms with Crippen molar-refractivity contribution in [3.05, 3.63) is 24.4 Å². The number of nitrogens with zero attached hydrogens (tertiary/aromatic N) is 3. The molecule has 3 saturated heterocycles. The molecule has 3 aliphatic heterocycles. The van der Waals surface area contributed by atoms with Crippen LogP contribution in [0, 0.1) is 5.92 Å². The van der Waals surface area contributed by atoms with Crippen LogP contribution in [0.5, 0.6) is 0 Å². The Balaban J connectivity index is 1.41. The van der Waals surface area contributed by atoms with Crippen LogP contribution in [-0.2, 0) is 4.74 Å². The SMILES string of the molecule is c1ccc(N2CC[C@@H]3[C@@H]2CCN3CC2CCOCC2)nc1. The summed E-state index contributed by atoms with van der Waals surface area (Å²) in [5.74, 6) is 2.01. The molecule has 4 heteroatoms. The molecule has 3 aliphatic rings. The van der Waals surface area contributed by atoms with Gasteiger partial charge in [-0.1, -0.05) is 6.07 Å². The van der Waals surface area contributed by atoms with Gasteiger partial charge in [-0.25, -0.2) is 4.98 Å². The zero-order valence-electron chi connectivity index (χ0n) is 12.7. The van der Waals surface area contributed by atoms with E-state index in [0.717, 1.165) is 37.5 Å². The summed E-state index contributed by atoms with van der Waals surface area (Å²) in [4.78, 5) is 9.84. The van der Waals surface area contributed by atoms with Crippen molar-refractivity contribution < 1.29 is 4.74 Å². The molecule has 2 atom stereocenters. The van der Waals surface area contributed by atoms with Gasteiger partial charge in [-0.2, -0.15) is 0 Å². The Labute approximate surface area is 127 Å². The fourth-order valence-corrected chi connectivity index (χ4v) is 4.37. The van der Waals surface area contributed by atoms with E-state index in [9.17, 15) is 0 Å². The van der Waals surface area contributed by atoms with Gasteiger partial charge in [0.2, 0.25) is 0 Å². The fourth-order valence-electron chi connectivity index (χ4n) is 4.37. The van der Waals surface area contributed by atoms with Crippen LogP contribution in [0.25, 0.3) is 0 Å². The minimum absolute atomic E-state index is 0.680. The first kappa shape index (κ1) is 13.5. The highest BCUT2D eigenvalue weighted by Gasteiger charge is 2.43. The predicted molar refractivity (Wildman–Crippen MR) is 83.5 cm³/mol. The Morgan fingerprint density at radius 3 is 2.71 bits per heavy atom. The van der Waals surface area contributed by atoms with Crippen LogP contribution in [0.15, 0.2) is 24.4 Å². The minimum Gasteiger partial charge on any atom is -0.381 e. The second kappa shape index (κ2) is 5.93. The highest BCUT2D eigenvalue weighted by atomic mass is 16.5. The molecular formula is C17H25N3O. The van der Waals surface area contributed by atoms with Gasteiger partial charge in [-0.15, -0.1) is 0 Å². The molecule has 3 fully saturated rings. The standard InChI is InChI=1S/C17H25N3O/c1-2-8-18-17(3-1)20-10-5-15-16(20)4-9-19(15)13-14-6-11-21-12-7-14/h1-3,8,14-16H,4-7,9-13H2/t15-,16+/m1/s1. The molecule has 114 valence electrons. The highest BCUT2D eigenvalue weighted by molar-refractivity contribution is 5.42. The topological polar surface area (TPSA) is 28.6 Å². The summed E-state index contributed by atoms with van der Waals surface area (Å²) in [6.07, 6.45) is 7.00. The molecule has 0 radical (unpaired) electrons. The molecule has 1 aromatic heterocycles. The molecule has 0 spiro atoms. The summed E-state index contributed by atoms with van der Waals surface area (Å²) in [6.45, 7) is 5.63. The smallest absolute Gasteiger partial charge is 0.128 e. The van der Waals surface area contributed by atoms with E-state index in [1.165, 1.54) is 38.8 Å². The number of ether oxygens (including phenoxy) is 1. The Morgan fingerprint density at radius 2 is 1.90 bits per heavy atom. The molecule has 21 heavy (non-hydrogen) atoms. The third-order valence-electron chi connectivity index (χ3n) is 5.47. The van der Waals surface area contributed by atoms with Gasteiger partial charge in [0, 0.05) is 51.1 Å². The minimum atomic E-state index is 0.680. The third-order valence-corrected chi connectivity index (χ3v) is 5.47. The summed E-state index contributed by atoms with van der Waals surface area (Å²) < 4.78 is 5.49. The maximum absolute atomic E-state index is 5.49. The van der Waals surface area contributed by atoms with Crippen molar-refractivity contribution >= 4 is 5.82 Å². The van der Waals surface area contributed by atoms with E-state index < -0.39 is 0 Å². The number of likely N-dealkylation sites (tertiary alicyclic amines) is 1. The first-order valence-electron chi connectivity index (χ1n) is 8.41. The van der Waals surface area contributed by atoms with Crippen molar-refractivity contribution in [2.24, 2.45) is 5.92 Å². The van der Waals surface area contributed by atoms with Gasteiger partial charge in [0.1, 0.15) is 5.82 Å². The first-order valence-corrected chi connectivity index (χ1v) is 8.41. The average Bonchev–Trinajstić information content (AvgIpc) is 3.12. The normalized spacial score (nSPS) is 30.8. The molecule has 4 nitrogen and oxygen atoms in total. The number of fused-ring (bicyclic) bond motifs is 1. The molecule has 1 aromatic rings. The van der Waals surface area contributed by atoms with E-state index in [1.54, 1.807) is 0 Å². The molecule has 0 aliphatic carbocycles. The fraction of sp³-hybridized carbons (Fsp3) is 0.706. The number of hydrogen-bond acceptors (Lipinski definition) is 4. The van der Waals surface area contributed by atoms with Gasteiger partial charge in [0.25, 0.3) is 0 Å². The molecule has 0 saturated carbocycles. The van der Waals surface area contributed by atoms with Crippen molar-refractivity contribution in [3.8, 4) is 0 Å². The Kier molecular flexibility index (Phi) is 3.82. The number of rotatable bonds is 3. The lowest BCUT2D eigenvalue weighted by atomic mass is 9.99. The molecular weight excluding hydrogens is 262 g/mol. The van der Waals surface area contributed by atoms with Gasteiger partial charge in [-0.3, -0.25) is 4.90 Å². The van der Waals surface area contributed by atoms with E-state index in [1.807, 2.05) is 12.3 Å². The highest BCUT2D eigenvalue weighted by Crippen LogP contribution is 2.35. The van der Waals surface area contributed by atoms with Crippen LogP contribution in [0.4, 0.5) is 5.82 Å². The lowest BCUT2D eigenvalue weighted by Crippen LogP contribution is -2.39. The maximum Gasteiger partial charge on any atom is 0.128 e. The Bertz CT molecular complexity index is 460. The van der Waals surface area contributed by atoms with E-state index in [0.29, 0.717) is 6.04 Å². The van der Waals surface area contributed by atoms with Gasteiger partial charge < -0.3 is 9.64 Å². The molecule has 4 rings (SSSR count). The third kappa shape index (κ3) is 2.67. The number of pyridine rings is 1. The van der Waals surface area contributed by atoms with Crippen molar-refractivity contribution in [2.45, 2.75) is 37.8 Å². The number of hydrogen-bond donors (Lipinski definition) is 0. The molecule has 0 unspecified atom stereocenters. The van der Waals surface area contributed by atoms with Gasteiger partial charge in [0.15, 0.2) is 0 Å². The van der Waals surface area contributed by atoms with Crippen LogP contribution in [0.3, 0.4) is 0 Å². The van der Waals surface area contributed by atoms with Crippen molar-refractivity contribution in [1.82, 2.24) is 9.88 Å². The van der Waals surface area contributed by atoms with E-state index in [2.05, 4.69) is 26.9 Å². The van der Waals surface area contributed by atoms with Crippen LogP contribution < -0.4 is 4.90 Å². The van der Waals surface area contributed by atoms with Crippen molar-refractivity contribution in [1.29, 1.82) is 0 Å². The quantitative estimate of drug-likeness (QED) is 0.852. The lowest BCUT2D eigenvalue weighted by Gasteiger charge is -2.30. The zero-order chi connectivity index (χ0) is 14.1. The molecule has 0 amide bonds. The zero-order valence-corrected chi connectivity index (χ0v) is 12.7. The van der Waals surface area contributed by atoms with Crippen molar-refractivity contribution in [2.75, 3.05) is 37.7 Å². The largest absolute Gasteiger partial charge is 0.381 e. The van der Waals surface area contributed by atoms with Gasteiger partial charge in [-0.05, 0) is 43.7 Å². The van der Waals surface area contributed by atoms with Crippen LogP contribution in [0.2, 0.25) is 0 Å². The Morgan fingerprint density at radius 1 is 1.05 bits per heavy atom. The van der Waals surface area contributed by atoms with Gasteiger partial charge >= 0.3 is 0 Å². The lowest BCUT2D eigenvalue weighted by molar-refractivity contribution is 0.0508. The van der Waals surface area contributed by atoms with Crippen molar-refractivity contribution in [3.63, 3.8) is 0 Å². The van der Waals surface area contributed by atoms with E-state index in [4.69, 9.17) is 4.74 Å². The monoisotopic (exact) mass is 287 g/mol. The second-order valence-electron chi connectivity index (χ2n) is 6.64. The summed E-state index contributed by atoms with van der Waals surface area (Å²) in [7, 11) is 0. The first-order chi connectivity index (χ1) is 10.4. The number of anilines is 1. The molecule has 4 heterocycles. The van der Waals surface area contributed by atoms with Crippen LogP contribution >= 0.6 is 0 Å². The van der Waals surface area contributed by atoms with E-state index >= 15 is 0 Å². The van der Waals surface area contributed by atoms with Crippen LogP contribution in [0.1, 0.15) is 25.7 Å². The average molecular weight is 287 g/mol. The summed E-state index contributed by atoms with van der Waals surface area (Å²) >= 11 is 0. The van der Waals surface area contributed by atoms with E-state index in [-0.39, 0.29) is 0 Å². The predicted octanol–water partition coefficient (Wildman–Crippen LogP) is 2.16. The Hall–Kier alpha value is -1.13. The number of aromatic nitrogens is 1. The molecule has 0 aromatic carbocycles. The summed E-state index contributed by atoms with van der Waals surface area (Å²) in [5.41, 5.74) is 0. The molecule has 0 bridgehead atoms. The maximum atomic E-state index is 5.49. The second-order valence-corrected chi connectivity index (χ2v) is 6.64. The van der Waals surface area contributed by atoms with Crippen LogP contribution in [-0.4, -0.2) is 54.8 Å². The molecule has 0 N–H and O–H groups in total.